The Morgan fingerprint density at radius 2 is 1.67 bits per heavy atom. The highest BCUT2D eigenvalue weighted by Crippen LogP contribution is 2.60. The molecular formula is C19H23N3O5. The molecule has 0 saturated heterocycles. The summed E-state index contributed by atoms with van der Waals surface area (Å²) in [5.41, 5.74) is 4.40. The predicted molar refractivity (Wildman–Crippen MR) is 95.5 cm³/mol. The third kappa shape index (κ3) is 3.48. The van der Waals surface area contributed by atoms with Crippen LogP contribution in [0.1, 0.15) is 38.5 Å². The van der Waals surface area contributed by atoms with E-state index in [0.717, 1.165) is 19.3 Å². The molecule has 0 spiro atoms. The van der Waals surface area contributed by atoms with Crippen LogP contribution < -0.4 is 15.6 Å². The zero-order chi connectivity index (χ0) is 19.0. The number of hydrogen-bond donors (Lipinski definition) is 2. The molecule has 0 heterocycles. The third-order valence-electron chi connectivity index (χ3n) is 6.26. The Morgan fingerprint density at radius 1 is 1.07 bits per heavy atom. The molecule has 2 amide bonds. The molecule has 0 unspecified atom stereocenters. The normalized spacial score (nSPS) is 30.6. The summed E-state index contributed by atoms with van der Waals surface area (Å²) in [4.78, 5) is 35.2. The zero-order valence-corrected chi connectivity index (χ0v) is 15.0. The van der Waals surface area contributed by atoms with Crippen LogP contribution in [-0.2, 0) is 9.59 Å². The lowest BCUT2D eigenvalue weighted by atomic mass is 9.49. The second-order valence-corrected chi connectivity index (χ2v) is 8.21. The van der Waals surface area contributed by atoms with E-state index in [2.05, 4.69) is 10.9 Å². The topological polar surface area (TPSA) is 111 Å². The molecule has 4 fully saturated rings. The van der Waals surface area contributed by atoms with E-state index in [-0.39, 0.29) is 22.8 Å². The first kappa shape index (κ1) is 17.8. The van der Waals surface area contributed by atoms with Gasteiger partial charge in [0.25, 0.3) is 5.91 Å². The number of nitrogens with zero attached hydrogens (tertiary/aromatic N) is 1. The summed E-state index contributed by atoms with van der Waals surface area (Å²) >= 11 is 0. The molecule has 4 aliphatic rings. The summed E-state index contributed by atoms with van der Waals surface area (Å²) in [7, 11) is 0. The molecule has 144 valence electrons. The fourth-order valence-electron chi connectivity index (χ4n) is 5.56. The first-order valence-corrected chi connectivity index (χ1v) is 9.41. The van der Waals surface area contributed by atoms with Crippen LogP contribution in [-0.4, -0.2) is 23.3 Å². The van der Waals surface area contributed by atoms with Crippen LogP contribution in [0.4, 0.5) is 5.69 Å². The van der Waals surface area contributed by atoms with Gasteiger partial charge in [0.2, 0.25) is 5.91 Å². The molecule has 4 bridgehead atoms. The van der Waals surface area contributed by atoms with Gasteiger partial charge >= 0.3 is 5.69 Å². The molecule has 1 aromatic carbocycles. The van der Waals surface area contributed by atoms with E-state index in [1.807, 2.05) is 0 Å². The van der Waals surface area contributed by atoms with Gasteiger partial charge in [-0.2, -0.15) is 0 Å². The molecule has 27 heavy (non-hydrogen) atoms. The van der Waals surface area contributed by atoms with Crippen LogP contribution in [0.2, 0.25) is 0 Å². The molecule has 1 aromatic rings. The highest BCUT2D eigenvalue weighted by molar-refractivity contribution is 5.86. The Hall–Kier alpha value is -2.64. The highest BCUT2D eigenvalue weighted by Gasteiger charge is 2.54. The second-order valence-electron chi connectivity index (χ2n) is 8.21. The van der Waals surface area contributed by atoms with Crippen molar-refractivity contribution < 1.29 is 19.2 Å². The van der Waals surface area contributed by atoms with Gasteiger partial charge < -0.3 is 4.74 Å². The highest BCUT2D eigenvalue weighted by atomic mass is 16.6. The number of hydrogen-bond acceptors (Lipinski definition) is 5. The minimum Gasteiger partial charge on any atom is -0.477 e. The zero-order valence-electron chi connectivity index (χ0n) is 15.0. The molecule has 0 aliphatic heterocycles. The molecule has 8 heteroatoms. The molecule has 2 N–H and O–H groups in total. The largest absolute Gasteiger partial charge is 0.477 e. The number of carbonyl (C=O) groups excluding carboxylic acids is 2. The minimum atomic E-state index is -0.567. The van der Waals surface area contributed by atoms with E-state index in [0.29, 0.717) is 17.8 Å². The SMILES string of the molecule is O=C(COc1ccccc1[N+](=O)[O-])NNC(=O)C12CC3CC(CC(C3)C1)C2. The van der Waals surface area contributed by atoms with Gasteiger partial charge in [-0.15, -0.1) is 0 Å². The van der Waals surface area contributed by atoms with E-state index in [1.54, 1.807) is 6.07 Å². The second kappa shape index (κ2) is 6.83. The number of amides is 2. The first-order chi connectivity index (χ1) is 12.9. The van der Waals surface area contributed by atoms with Gasteiger partial charge in [0, 0.05) is 6.07 Å². The van der Waals surface area contributed by atoms with Gasteiger partial charge in [-0.3, -0.25) is 30.6 Å². The van der Waals surface area contributed by atoms with E-state index in [9.17, 15) is 19.7 Å². The molecule has 0 aromatic heterocycles. The Bertz CT molecular complexity index is 743. The van der Waals surface area contributed by atoms with Crippen molar-refractivity contribution in [1.82, 2.24) is 10.9 Å². The van der Waals surface area contributed by atoms with Crippen LogP contribution >= 0.6 is 0 Å². The number of hydrazine groups is 1. The Labute approximate surface area is 156 Å². The number of nitrogens with one attached hydrogen (secondary N) is 2. The van der Waals surface area contributed by atoms with Crippen molar-refractivity contribution in [1.29, 1.82) is 0 Å². The van der Waals surface area contributed by atoms with Crippen molar-refractivity contribution >= 4 is 17.5 Å². The summed E-state index contributed by atoms with van der Waals surface area (Å²) in [6, 6.07) is 5.85. The summed E-state index contributed by atoms with van der Waals surface area (Å²) in [5.74, 6) is 1.27. The minimum absolute atomic E-state index is 0.0186. The number of benzene rings is 1. The average Bonchev–Trinajstić information content (AvgIpc) is 2.63. The molecule has 8 nitrogen and oxygen atoms in total. The summed E-state index contributed by atoms with van der Waals surface area (Å²) < 4.78 is 5.24. The maximum Gasteiger partial charge on any atom is 0.310 e. The lowest BCUT2D eigenvalue weighted by Gasteiger charge is -2.55. The van der Waals surface area contributed by atoms with Gasteiger partial charge in [-0.25, -0.2) is 0 Å². The van der Waals surface area contributed by atoms with Crippen molar-refractivity contribution in [2.45, 2.75) is 38.5 Å². The fourth-order valence-corrected chi connectivity index (χ4v) is 5.56. The summed E-state index contributed by atoms with van der Waals surface area (Å²) in [5, 5.41) is 11.0. The van der Waals surface area contributed by atoms with Crippen molar-refractivity contribution in [3.05, 3.63) is 34.4 Å². The first-order valence-electron chi connectivity index (χ1n) is 9.41. The standard InChI is InChI=1S/C19H23N3O5/c23-17(11-27-16-4-2-1-3-15(16)22(25)26)20-21-18(24)19-8-12-5-13(9-19)7-14(6-12)10-19/h1-4,12-14H,5-11H2,(H,20,23)(H,21,24). The molecule has 4 saturated carbocycles. The monoisotopic (exact) mass is 373 g/mol. The van der Waals surface area contributed by atoms with E-state index in [4.69, 9.17) is 4.74 Å². The number of carbonyl (C=O) groups is 2. The quantitative estimate of drug-likeness (QED) is 0.608. The summed E-state index contributed by atoms with van der Waals surface area (Å²) in [6.45, 7) is -0.411. The lowest BCUT2D eigenvalue weighted by Crippen LogP contribution is -2.57. The fraction of sp³-hybridized carbons (Fsp3) is 0.579. The van der Waals surface area contributed by atoms with Crippen LogP contribution in [0.25, 0.3) is 0 Å². The van der Waals surface area contributed by atoms with Gasteiger partial charge in [0.05, 0.1) is 10.3 Å². The predicted octanol–water partition coefficient (Wildman–Crippen LogP) is 2.34. The number of para-hydroxylation sites is 2. The van der Waals surface area contributed by atoms with E-state index >= 15 is 0 Å². The van der Waals surface area contributed by atoms with Crippen molar-refractivity contribution in [3.8, 4) is 5.75 Å². The Kier molecular flexibility index (Phi) is 4.49. The maximum absolute atomic E-state index is 12.8. The number of rotatable bonds is 5. The lowest BCUT2D eigenvalue weighted by molar-refractivity contribution is -0.385. The van der Waals surface area contributed by atoms with Crippen LogP contribution in [0.5, 0.6) is 5.75 Å². The molecule has 0 radical (unpaired) electrons. The number of nitro groups is 1. The number of ether oxygens (including phenoxy) is 1. The van der Waals surface area contributed by atoms with E-state index in [1.165, 1.54) is 37.5 Å². The van der Waals surface area contributed by atoms with Crippen molar-refractivity contribution in [3.63, 3.8) is 0 Å². The number of nitro benzene ring substituents is 1. The molecular weight excluding hydrogens is 350 g/mol. The Balaban J connectivity index is 1.30. The van der Waals surface area contributed by atoms with Gasteiger partial charge in [-0.05, 0) is 62.3 Å². The van der Waals surface area contributed by atoms with Crippen molar-refractivity contribution in [2.75, 3.05) is 6.61 Å². The van der Waals surface area contributed by atoms with Crippen LogP contribution in [0.3, 0.4) is 0 Å². The smallest absolute Gasteiger partial charge is 0.310 e. The van der Waals surface area contributed by atoms with Gasteiger partial charge in [0.1, 0.15) is 0 Å². The molecule has 0 atom stereocenters. The third-order valence-corrected chi connectivity index (χ3v) is 6.26. The van der Waals surface area contributed by atoms with Gasteiger partial charge in [-0.1, -0.05) is 12.1 Å². The van der Waals surface area contributed by atoms with Crippen LogP contribution in [0, 0.1) is 33.3 Å². The maximum atomic E-state index is 12.8. The van der Waals surface area contributed by atoms with Crippen LogP contribution in [0.15, 0.2) is 24.3 Å². The summed E-state index contributed by atoms with van der Waals surface area (Å²) in [6.07, 6.45) is 6.45. The average molecular weight is 373 g/mol. The van der Waals surface area contributed by atoms with Crippen molar-refractivity contribution in [2.24, 2.45) is 23.2 Å². The van der Waals surface area contributed by atoms with E-state index < -0.39 is 17.4 Å². The molecule has 4 aliphatic carbocycles. The Morgan fingerprint density at radius 3 is 2.26 bits per heavy atom. The van der Waals surface area contributed by atoms with Gasteiger partial charge in [0.15, 0.2) is 12.4 Å². The molecule has 5 rings (SSSR count).